The first kappa shape index (κ1) is 23.0. The summed E-state index contributed by atoms with van der Waals surface area (Å²) in [5.74, 6) is 0.187. The molecule has 0 radical (unpaired) electrons. The van der Waals surface area contributed by atoms with Crippen LogP contribution in [0.4, 0.5) is 0 Å². The summed E-state index contributed by atoms with van der Waals surface area (Å²) in [6.07, 6.45) is 2.81. The van der Waals surface area contributed by atoms with Gasteiger partial charge in [-0.3, -0.25) is 15.0 Å². The predicted molar refractivity (Wildman–Crippen MR) is 127 cm³/mol. The quantitative estimate of drug-likeness (QED) is 0.403. The molecule has 2 aliphatic rings. The molecule has 174 valence electrons. The second-order valence-corrected chi connectivity index (χ2v) is 8.43. The van der Waals surface area contributed by atoms with E-state index < -0.39 is 12.6 Å². The molecule has 4 N–H and O–H groups in total. The summed E-state index contributed by atoms with van der Waals surface area (Å²) < 4.78 is 5.89. The van der Waals surface area contributed by atoms with Gasteiger partial charge in [-0.2, -0.15) is 0 Å². The zero-order chi connectivity index (χ0) is 23.4. The molecule has 0 aliphatic carbocycles. The van der Waals surface area contributed by atoms with E-state index in [4.69, 9.17) is 10.5 Å². The number of benzene rings is 2. The molecule has 2 heterocycles. The maximum atomic E-state index is 13.1. The predicted octanol–water partition coefficient (Wildman–Crippen LogP) is 2.52. The zero-order valence-electron chi connectivity index (χ0n) is 19.1. The Morgan fingerprint density at radius 1 is 1.12 bits per heavy atom. The Balaban J connectivity index is 1.50. The van der Waals surface area contributed by atoms with Crippen LogP contribution in [0.3, 0.4) is 0 Å². The van der Waals surface area contributed by atoms with Crippen LogP contribution in [0.15, 0.2) is 84.2 Å². The minimum atomic E-state index is -1.19. The smallest absolute Gasteiger partial charge is 0.235 e. The molecule has 0 spiro atoms. The number of likely N-dealkylation sites (N-methyl/N-ethyl adjacent to an activating group) is 1. The fourth-order valence-corrected chi connectivity index (χ4v) is 4.39. The average Bonchev–Trinajstić information content (AvgIpc) is 2.84. The lowest BCUT2D eigenvalue weighted by Gasteiger charge is -2.49. The van der Waals surface area contributed by atoms with Gasteiger partial charge in [0.05, 0.1) is 17.8 Å². The van der Waals surface area contributed by atoms with Crippen molar-refractivity contribution in [3.05, 3.63) is 95.3 Å². The fourth-order valence-electron chi connectivity index (χ4n) is 4.39. The van der Waals surface area contributed by atoms with Crippen LogP contribution in [-0.2, 0) is 9.53 Å². The molecule has 0 saturated carbocycles. The molecule has 0 aromatic heterocycles. The van der Waals surface area contributed by atoms with Gasteiger partial charge in [-0.05, 0) is 36.1 Å². The molecule has 2 unspecified atom stereocenters. The van der Waals surface area contributed by atoms with Gasteiger partial charge in [0.2, 0.25) is 5.91 Å². The van der Waals surface area contributed by atoms with Gasteiger partial charge in [0, 0.05) is 20.2 Å². The molecular weight excluding hydrogens is 416 g/mol. The third kappa shape index (κ3) is 4.95. The fraction of sp³-hybridized carbons (Fsp3) is 0.346. The van der Waals surface area contributed by atoms with Crippen molar-refractivity contribution in [1.29, 1.82) is 0 Å². The minimum Gasteiger partial charge on any atom is -0.385 e. The number of β-lactam (4-membered cyclic amide) rings is 1. The Bertz CT molecular complexity index is 969. The summed E-state index contributed by atoms with van der Waals surface area (Å²) in [5.41, 5.74) is 9.05. The number of hydrogen-bond donors (Lipinski definition) is 3. The van der Waals surface area contributed by atoms with Crippen LogP contribution < -0.4 is 11.1 Å². The van der Waals surface area contributed by atoms with E-state index in [1.165, 1.54) is 4.90 Å². The second-order valence-electron chi connectivity index (χ2n) is 8.43. The third-order valence-electron chi connectivity index (χ3n) is 6.23. The van der Waals surface area contributed by atoms with Crippen molar-refractivity contribution in [2.24, 2.45) is 11.7 Å². The molecule has 2 aromatic rings. The van der Waals surface area contributed by atoms with Crippen molar-refractivity contribution in [3.8, 4) is 0 Å². The lowest BCUT2D eigenvalue weighted by atomic mass is 9.87. The Hall–Kier alpha value is -3.13. The molecule has 1 amide bonds. The number of allylic oxidation sites excluding steroid dienone is 2. The van der Waals surface area contributed by atoms with Gasteiger partial charge in [-0.1, -0.05) is 66.7 Å². The number of carbonyl (C=O) groups is 1. The van der Waals surface area contributed by atoms with Gasteiger partial charge < -0.3 is 20.5 Å². The van der Waals surface area contributed by atoms with Crippen LogP contribution in [0.25, 0.3) is 0 Å². The van der Waals surface area contributed by atoms with Crippen molar-refractivity contribution < 1.29 is 14.6 Å². The molecule has 2 aromatic carbocycles. The van der Waals surface area contributed by atoms with Crippen LogP contribution in [0, 0.1) is 5.92 Å². The van der Waals surface area contributed by atoms with E-state index in [0.717, 1.165) is 16.7 Å². The molecule has 7 nitrogen and oxygen atoms in total. The van der Waals surface area contributed by atoms with Crippen LogP contribution in [-0.4, -0.2) is 53.6 Å². The molecule has 1 saturated heterocycles. The second kappa shape index (κ2) is 10.2. The van der Waals surface area contributed by atoms with Crippen LogP contribution >= 0.6 is 0 Å². The molecule has 2 aliphatic heterocycles. The van der Waals surface area contributed by atoms with Crippen molar-refractivity contribution in [2.45, 2.75) is 32.0 Å². The summed E-state index contributed by atoms with van der Waals surface area (Å²) in [5, 5.41) is 14.3. The van der Waals surface area contributed by atoms with E-state index in [0.29, 0.717) is 25.4 Å². The highest BCUT2D eigenvalue weighted by atomic mass is 16.5. The minimum absolute atomic E-state index is 0.139. The maximum Gasteiger partial charge on any atom is 0.235 e. The zero-order valence-corrected chi connectivity index (χ0v) is 19.1. The van der Waals surface area contributed by atoms with Crippen molar-refractivity contribution in [3.63, 3.8) is 0 Å². The van der Waals surface area contributed by atoms with Crippen LogP contribution in [0.5, 0.6) is 0 Å². The van der Waals surface area contributed by atoms with Gasteiger partial charge in [0.15, 0.2) is 6.35 Å². The molecule has 1 fully saturated rings. The normalized spacial score (nSPS) is 21.5. The van der Waals surface area contributed by atoms with Gasteiger partial charge in [0.25, 0.3) is 0 Å². The number of aliphatic hydroxyl groups excluding tert-OH is 1. The highest BCUT2D eigenvalue weighted by Gasteiger charge is 2.51. The topological polar surface area (TPSA) is 91.1 Å². The molecule has 3 atom stereocenters. The average molecular weight is 449 g/mol. The molecule has 7 heteroatoms. The number of carbonyl (C=O) groups excluding carboxylic acids is 1. The Labute approximate surface area is 195 Å². The van der Waals surface area contributed by atoms with Gasteiger partial charge in [-0.15, -0.1) is 0 Å². The summed E-state index contributed by atoms with van der Waals surface area (Å²) in [7, 11) is 1.93. The number of amides is 1. The Morgan fingerprint density at radius 3 is 2.27 bits per heavy atom. The van der Waals surface area contributed by atoms with E-state index in [9.17, 15) is 9.90 Å². The van der Waals surface area contributed by atoms with Crippen LogP contribution in [0.1, 0.15) is 30.5 Å². The van der Waals surface area contributed by atoms with Crippen molar-refractivity contribution >= 4 is 5.91 Å². The van der Waals surface area contributed by atoms with E-state index >= 15 is 0 Å². The lowest BCUT2D eigenvalue weighted by molar-refractivity contribution is -0.225. The first-order valence-electron chi connectivity index (χ1n) is 11.3. The molecule has 0 bridgehead atoms. The number of rotatable bonds is 9. The standard InChI is InChI=1S/C26H32N4O3/c1-3-33-25-21(16-18-14-15-29(2)22(27)17-18)24(31)30(25)26(32)28-23(19-10-6-4-7-11-19)20-12-8-5-9-13-20/h4-14,17,21,23,25-26,28,32H,3,15-16,27H2,1-2H3/t21-,25?,26?/m0/s1. The number of ether oxygens (including phenoxy) is 1. The lowest BCUT2D eigenvalue weighted by Crippen LogP contribution is -2.68. The highest BCUT2D eigenvalue weighted by molar-refractivity contribution is 5.86. The largest absolute Gasteiger partial charge is 0.385 e. The highest BCUT2D eigenvalue weighted by Crippen LogP contribution is 2.35. The molecular formula is C26H32N4O3. The summed E-state index contributed by atoms with van der Waals surface area (Å²) in [4.78, 5) is 16.5. The number of nitrogens with two attached hydrogens (primary N) is 1. The number of nitrogens with one attached hydrogen (secondary N) is 1. The maximum absolute atomic E-state index is 13.1. The Morgan fingerprint density at radius 2 is 1.73 bits per heavy atom. The van der Waals surface area contributed by atoms with Gasteiger partial charge in [-0.25, -0.2) is 0 Å². The number of nitrogens with zero attached hydrogens (tertiary/aromatic N) is 2. The monoisotopic (exact) mass is 448 g/mol. The van der Waals surface area contributed by atoms with Crippen molar-refractivity contribution in [2.75, 3.05) is 20.2 Å². The first-order chi connectivity index (χ1) is 16.0. The van der Waals surface area contributed by atoms with Gasteiger partial charge >= 0.3 is 0 Å². The Kier molecular flexibility index (Phi) is 7.13. The number of aliphatic hydroxyl groups is 1. The SMILES string of the molecule is CCOC1[C@@H](CC2=CCN(C)C(N)=C2)C(=O)N1C(O)NC(c1ccccc1)c1ccccc1. The summed E-state index contributed by atoms with van der Waals surface area (Å²) in [6, 6.07) is 19.5. The van der Waals surface area contributed by atoms with E-state index in [1.54, 1.807) is 0 Å². The number of likely N-dealkylation sites (tertiary alicyclic amines) is 1. The van der Waals surface area contributed by atoms with E-state index in [2.05, 4.69) is 11.4 Å². The molecule has 4 rings (SSSR count). The van der Waals surface area contributed by atoms with Gasteiger partial charge in [0.1, 0.15) is 6.23 Å². The summed E-state index contributed by atoms with van der Waals surface area (Å²) >= 11 is 0. The van der Waals surface area contributed by atoms with E-state index in [-0.39, 0.29) is 17.9 Å². The van der Waals surface area contributed by atoms with Crippen LogP contribution in [0.2, 0.25) is 0 Å². The first-order valence-corrected chi connectivity index (χ1v) is 11.3. The number of hydrogen-bond acceptors (Lipinski definition) is 6. The van der Waals surface area contributed by atoms with E-state index in [1.807, 2.05) is 85.6 Å². The third-order valence-corrected chi connectivity index (χ3v) is 6.23. The van der Waals surface area contributed by atoms with Crippen molar-refractivity contribution in [1.82, 2.24) is 15.1 Å². The molecule has 33 heavy (non-hydrogen) atoms. The summed E-state index contributed by atoms with van der Waals surface area (Å²) in [6.45, 7) is 3.04.